The van der Waals surface area contributed by atoms with Gasteiger partial charge in [0.1, 0.15) is 0 Å². The molecule has 1 heterocycles. The van der Waals surface area contributed by atoms with E-state index in [1.165, 1.54) is 0 Å². The molecule has 1 atom stereocenters. The number of ether oxygens (including phenoxy) is 2. The first-order valence-corrected chi connectivity index (χ1v) is 6.06. The lowest BCUT2D eigenvalue weighted by molar-refractivity contribution is 0.198. The van der Waals surface area contributed by atoms with Gasteiger partial charge in [0.25, 0.3) is 0 Å². The highest BCUT2D eigenvalue weighted by molar-refractivity contribution is 5.44. The van der Waals surface area contributed by atoms with E-state index in [9.17, 15) is 5.11 Å². The molecule has 0 aliphatic rings. The molecule has 2 aromatic rings. The zero-order valence-electron chi connectivity index (χ0n) is 11.3. The van der Waals surface area contributed by atoms with Gasteiger partial charge in [-0.1, -0.05) is 6.07 Å². The number of nitrogens with zero attached hydrogens (tertiary/aromatic N) is 1. The number of aromatic nitrogens is 1. The Morgan fingerprint density at radius 3 is 2.63 bits per heavy atom. The fraction of sp³-hybridized carbons (Fsp3) is 0.267. The maximum Gasteiger partial charge on any atom is 0.219 e. The largest absolute Gasteiger partial charge is 0.493 e. The Labute approximate surface area is 112 Å². The lowest BCUT2D eigenvalue weighted by Crippen LogP contribution is -1.95. The molecule has 0 amide bonds. The third kappa shape index (κ3) is 3.23. The number of hydrogen-bond donors (Lipinski definition) is 1. The van der Waals surface area contributed by atoms with Crippen molar-refractivity contribution < 1.29 is 14.6 Å². The molecule has 0 saturated heterocycles. The lowest BCUT2D eigenvalue weighted by Gasteiger charge is -2.11. The first kappa shape index (κ1) is 13.4. The topological polar surface area (TPSA) is 51.6 Å². The third-order valence-electron chi connectivity index (χ3n) is 2.77. The SMILES string of the molecule is COc1cc(C)ccc1Oc1cc(C(C)O)ccn1. The summed E-state index contributed by atoms with van der Waals surface area (Å²) in [6.45, 7) is 3.68. The molecule has 0 aliphatic carbocycles. The van der Waals surface area contributed by atoms with Gasteiger partial charge in [-0.15, -0.1) is 0 Å². The van der Waals surface area contributed by atoms with E-state index in [4.69, 9.17) is 9.47 Å². The molecule has 0 aliphatic heterocycles. The summed E-state index contributed by atoms with van der Waals surface area (Å²) in [5, 5.41) is 9.54. The van der Waals surface area contributed by atoms with Crippen LogP contribution in [0.15, 0.2) is 36.5 Å². The summed E-state index contributed by atoms with van der Waals surface area (Å²) in [5.41, 5.74) is 1.85. The second kappa shape index (κ2) is 5.71. The zero-order chi connectivity index (χ0) is 13.8. The molecule has 1 unspecified atom stereocenters. The van der Waals surface area contributed by atoms with Crippen molar-refractivity contribution in [3.05, 3.63) is 47.7 Å². The molecule has 1 aromatic carbocycles. The predicted molar refractivity (Wildman–Crippen MR) is 72.7 cm³/mol. The summed E-state index contributed by atoms with van der Waals surface area (Å²) in [5.74, 6) is 1.69. The molecule has 0 radical (unpaired) electrons. The van der Waals surface area contributed by atoms with E-state index in [1.807, 2.05) is 25.1 Å². The number of benzene rings is 1. The van der Waals surface area contributed by atoms with Gasteiger partial charge < -0.3 is 14.6 Å². The van der Waals surface area contributed by atoms with Crippen molar-refractivity contribution in [3.8, 4) is 17.4 Å². The summed E-state index contributed by atoms with van der Waals surface area (Å²) in [7, 11) is 1.60. The summed E-state index contributed by atoms with van der Waals surface area (Å²) < 4.78 is 11.0. The van der Waals surface area contributed by atoms with Gasteiger partial charge in [0.2, 0.25) is 5.88 Å². The van der Waals surface area contributed by atoms with Crippen LogP contribution in [0.5, 0.6) is 17.4 Å². The van der Waals surface area contributed by atoms with Gasteiger partial charge in [0.05, 0.1) is 13.2 Å². The number of aliphatic hydroxyl groups is 1. The zero-order valence-corrected chi connectivity index (χ0v) is 11.3. The Morgan fingerprint density at radius 1 is 1.16 bits per heavy atom. The van der Waals surface area contributed by atoms with E-state index in [2.05, 4.69) is 4.98 Å². The van der Waals surface area contributed by atoms with Gasteiger partial charge >= 0.3 is 0 Å². The molecule has 1 N–H and O–H groups in total. The molecule has 0 bridgehead atoms. The molecule has 4 heteroatoms. The van der Waals surface area contributed by atoms with E-state index in [0.717, 1.165) is 11.1 Å². The lowest BCUT2D eigenvalue weighted by atomic mass is 10.2. The smallest absolute Gasteiger partial charge is 0.219 e. The number of aliphatic hydroxyl groups excluding tert-OH is 1. The molecule has 2 rings (SSSR count). The average molecular weight is 259 g/mol. The Kier molecular flexibility index (Phi) is 4.02. The minimum Gasteiger partial charge on any atom is -0.493 e. The number of hydrogen-bond acceptors (Lipinski definition) is 4. The maximum absolute atomic E-state index is 9.54. The minimum atomic E-state index is -0.551. The number of methoxy groups -OCH3 is 1. The molecule has 1 aromatic heterocycles. The normalized spacial score (nSPS) is 12.0. The van der Waals surface area contributed by atoms with Crippen molar-refractivity contribution in [2.45, 2.75) is 20.0 Å². The van der Waals surface area contributed by atoms with Crippen molar-refractivity contribution >= 4 is 0 Å². The van der Waals surface area contributed by atoms with Crippen molar-refractivity contribution in [1.29, 1.82) is 0 Å². The van der Waals surface area contributed by atoms with Crippen LogP contribution in [0.25, 0.3) is 0 Å². The summed E-state index contributed by atoms with van der Waals surface area (Å²) >= 11 is 0. The Balaban J connectivity index is 2.28. The summed E-state index contributed by atoms with van der Waals surface area (Å²) in [4.78, 5) is 4.13. The highest BCUT2D eigenvalue weighted by Gasteiger charge is 2.08. The molecule has 19 heavy (non-hydrogen) atoms. The highest BCUT2D eigenvalue weighted by atomic mass is 16.5. The van der Waals surface area contributed by atoms with Crippen LogP contribution in [-0.4, -0.2) is 17.2 Å². The Morgan fingerprint density at radius 2 is 1.95 bits per heavy atom. The van der Waals surface area contributed by atoms with Crippen LogP contribution in [0, 0.1) is 6.92 Å². The second-order valence-corrected chi connectivity index (χ2v) is 4.36. The van der Waals surface area contributed by atoms with Gasteiger partial charge in [-0.2, -0.15) is 0 Å². The van der Waals surface area contributed by atoms with Crippen molar-refractivity contribution in [2.24, 2.45) is 0 Å². The van der Waals surface area contributed by atoms with Crippen molar-refractivity contribution in [2.75, 3.05) is 7.11 Å². The number of aryl methyl sites for hydroxylation is 1. The van der Waals surface area contributed by atoms with Crippen LogP contribution in [0.1, 0.15) is 24.2 Å². The minimum absolute atomic E-state index is 0.431. The standard InChI is InChI=1S/C15H17NO3/c1-10-4-5-13(14(8-10)18-3)19-15-9-12(11(2)17)6-7-16-15/h4-9,11,17H,1-3H3. The first-order chi connectivity index (χ1) is 9.10. The fourth-order valence-electron chi connectivity index (χ4n) is 1.71. The molecular weight excluding hydrogens is 242 g/mol. The summed E-state index contributed by atoms with van der Waals surface area (Å²) in [6.07, 6.45) is 1.06. The van der Waals surface area contributed by atoms with Gasteiger partial charge in [-0.05, 0) is 43.2 Å². The summed E-state index contributed by atoms with van der Waals surface area (Å²) in [6, 6.07) is 9.14. The second-order valence-electron chi connectivity index (χ2n) is 4.36. The van der Waals surface area contributed by atoms with Gasteiger partial charge in [-0.3, -0.25) is 0 Å². The maximum atomic E-state index is 9.54. The first-order valence-electron chi connectivity index (χ1n) is 6.06. The van der Waals surface area contributed by atoms with E-state index in [0.29, 0.717) is 17.4 Å². The van der Waals surface area contributed by atoms with Gasteiger partial charge in [0, 0.05) is 12.3 Å². The van der Waals surface area contributed by atoms with Crippen LogP contribution in [-0.2, 0) is 0 Å². The Bertz CT molecular complexity index is 567. The fourth-order valence-corrected chi connectivity index (χ4v) is 1.71. The number of pyridine rings is 1. The number of rotatable bonds is 4. The van der Waals surface area contributed by atoms with Crippen LogP contribution in [0.2, 0.25) is 0 Å². The van der Waals surface area contributed by atoms with E-state index < -0.39 is 6.10 Å². The third-order valence-corrected chi connectivity index (χ3v) is 2.77. The van der Waals surface area contributed by atoms with Crippen LogP contribution >= 0.6 is 0 Å². The average Bonchev–Trinajstić information content (AvgIpc) is 2.41. The van der Waals surface area contributed by atoms with Crippen LogP contribution in [0.3, 0.4) is 0 Å². The molecular formula is C15H17NO3. The van der Waals surface area contributed by atoms with E-state index in [1.54, 1.807) is 32.4 Å². The van der Waals surface area contributed by atoms with E-state index >= 15 is 0 Å². The Hall–Kier alpha value is -2.07. The molecule has 0 spiro atoms. The van der Waals surface area contributed by atoms with Gasteiger partial charge in [-0.25, -0.2) is 4.98 Å². The highest BCUT2D eigenvalue weighted by Crippen LogP contribution is 2.31. The quantitative estimate of drug-likeness (QED) is 0.915. The van der Waals surface area contributed by atoms with Gasteiger partial charge in [0.15, 0.2) is 11.5 Å². The van der Waals surface area contributed by atoms with Crippen LogP contribution in [0.4, 0.5) is 0 Å². The molecule has 0 fully saturated rings. The predicted octanol–water partition coefficient (Wildman–Crippen LogP) is 3.24. The molecule has 100 valence electrons. The van der Waals surface area contributed by atoms with Crippen molar-refractivity contribution in [3.63, 3.8) is 0 Å². The van der Waals surface area contributed by atoms with E-state index in [-0.39, 0.29) is 0 Å². The monoisotopic (exact) mass is 259 g/mol. The molecule has 4 nitrogen and oxygen atoms in total. The molecule has 0 saturated carbocycles. The van der Waals surface area contributed by atoms with Crippen LogP contribution < -0.4 is 9.47 Å². The van der Waals surface area contributed by atoms with Crippen molar-refractivity contribution in [1.82, 2.24) is 4.98 Å².